The highest BCUT2D eigenvalue weighted by Gasteiger charge is 2.30. The first-order valence-corrected chi connectivity index (χ1v) is 7.64. The third-order valence-electron chi connectivity index (χ3n) is 4.09. The second-order valence-electron chi connectivity index (χ2n) is 5.70. The van der Waals surface area contributed by atoms with Crippen LogP contribution in [0.4, 0.5) is 13.2 Å². The van der Waals surface area contributed by atoms with E-state index in [1.165, 1.54) is 25.3 Å². The number of carbonyl (C=O) groups excluding carboxylic acids is 1. The zero-order valence-corrected chi connectivity index (χ0v) is 13.4. The monoisotopic (exact) mass is 339 g/mol. The quantitative estimate of drug-likeness (QED) is 0.600. The highest BCUT2D eigenvalue weighted by Crippen LogP contribution is 2.30. The van der Waals surface area contributed by atoms with Gasteiger partial charge in [-0.05, 0) is 36.1 Å². The number of amides is 1. The predicted molar refractivity (Wildman–Crippen MR) is 85.2 cm³/mol. The number of rotatable bonds is 5. The zero-order chi connectivity index (χ0) is 17.7. The Hall–Kier alpha value is -2.08. The highest BCUT2D eigenvalue weighted by molar-refractivity contribution is 5.87. The van der Waals surface area contributed by atoms with Gasteiger partial charge in [0.15, 0.2) is 0 Å². The number of alkyl halides is 3. The molecule has 1 fully saturated rings. The van der Waals surface area contributed by atoms with Crippen LogP contribution in [0.2, 0.25) is 0 Å². The van der Waals surface area contributed by atoms with Crippen molar-refractivity contribution in [2.75, 3.05) is 20.2 Å². The minimum Gasteiger partial charge on any atom is -0.373 e. The van der Waals surface area contributed by atoms with Gasteiger partial charge in [-0.2, -0.15) is 13.2 Å². The third kappa shape index (κ3) is 4.47. The number of carbonyl (C=O) groups is 1. The van der Waals surface area contributed by atoms with Crippen molar-refractivity contribution in [3.05, 3.63) is 60.2 Å². The topological polar surface area (TPSA) is 29.5 Å². The molecular weight excluding hydrogens is 319 g/mol. The van der Waals surface area contributed by atoms with Crippen molar-refractivity contribution < 1.29 is 22.7 Å². The summed E-state index contributed by atoms with van der Waals surface area (Å²) in [6, 6.07) is 4.94. The van der Waals surface area contributed by atoms with Crippen molar-refractivity contribution in [1.82, 2.24) is 4.90 Å². The third-order valence-corrected chi connectivity index (χ3v) is 4.09. The van der Waals surface area contributed by atoms with Crippen LogP contribution in [0.25, 0.3) is 0 Å². The molecule has 2 rings (SSSR count). The number of likely N-dealkylation sites (tertiary alicyclic amines) is 1. The van der Waals surface area contributed by atoms with Gasteiger partial charge in [0.25, 0.3) is 0 Å². The van der Waals surface area contributed by atoms with Crippen molar-refractivity contribution in [2.45, 2.75) is 18.7 Å². The predicted octanol–water partition coefficient (Wildman–Crippen LogP) is 3.98. The molecule has 1 saturated heterocycles. The Morgan fingerprint density at radius 3 is 2.58 bits per heavy atom. The van der Waals surface area contributed by atoms with Gasteiger partial charge in [0.2, 0.25) is 5.91 Å². The van der Waals surface area contributed by atoms with Gasteiger partial charge < -0.3 is 9.64 Å². The standard InChI is InChI=1S/C18H20F3NO2/c1-3-17(23)22-11-10-13(12-22)4-9-16(24-2)14-5-7-15(8-6-14)18(19,20)21/h3-9,13,16H,1,10-12H2,2H3/b9-4+. The van der Waals surface area contributed by atoms with E-state index in [4.69, 9.17) is 4.74 Å². The van der Waals surface area contributed by atoms with Gasteiger partial charge in [0.1, 0.15) is 6.10 Å². The molecule has 0 radical (unpaired) electrons. The van der Waals surface area contributed by atoms with E-state index in [2.05, 4.69) is 6.58 Å². The van der Waals surface area contributed by atoms with E-state index >= 15 is 0 Å². The van der Waals surface area contributed by atoms with E-state index in [-0.39, 0.29) is 11.8 Å². The maximum Gasteiger partial charge on any atom is 0.416 e. The van der Waals surface area contributed by atoms with Gasteiger partial charge in [-0.15, -0.1) is 0 Å². The maximum absolute atomic E-state index is 12.6. The van der Waals surface area contributed by atoms with Crippen molar-refractivity contribution in [3.8, 4) is 0 Å². The molecule has 2 unspecified atom stereocenters. The van der Waals surface area contributed by atoms with Crippen LogP contribution < -0.4 is 0 Å². The molecule has 0 saturated carbocycles. The lowest BCUT2D eigenvalue weighted by molar-refractivity contribution is -0.137. The SMILES string of the molecule is C=CC(=O)N1CCC(/C=C/C(OC)c2ccc(C(F)(F)F)cc2)C1. The van der Waals surface area contributed by atoms with Crippen LogP contribution in [-0.2, 0) is 15.7 Å². The number of ether oxygens (including phenoxy) is 1. The summed E-state index contributed by atoms with van der Waals surface area (Å²) >= 11 is 0. The number of benzene rings is 1. The number of hydrogen-bond donors (Lipinski definition) is 0. The molecule has 3 nitrogen and oxygen atoms in total. The first-order chi connectivity index (χ1) is 11.3. The minimum absolute atomic E-state index is 0.0862. The van der Waals surface area contributed by atoms with Gasteiger partial charge in [-0.1, -0.05) is 30.9 Å². The van der Waals surface area contributed by atoms with Crippen molar-refractivity contribution in [1.29, 1.82) is 0 Å². The van der Waals surface area contributed by atoms with E-state index in [1.807, 2.05) is 12.2 Å². The summed E-state index contributed by atoms with van der Waals surface area (Å²) in [5.74, 6) is 0.123. The van der Waals surface area contributed by atoms with Gasteiger partial charge >= 0.3 is 6.18 Å². The van der Waals surface area contributed by atoms with Crippen molar-refractivity contribution in [3.63, 3.8) is 0 Å². The van der Waals surface area contributed by atoms with Gasteiger partial charge in [-0.25, -0.2) is 0 Å². The second kappa shape index (κ2) is 7.66. The lowest BCUT2D eigenvalue weighted by Gasteiger charge is -2.15. The van der Waals surface area contributed by atoms with Crippen molar-refractivity contribution >= 4 is 5.91 Å². The molecule has 1 heterocycles. The van der Waals surface area contributed by atoms with Gasteiger partial charge in [-0.3, -0.25) is 4.79 Å². The molecule has 0 aromatic heterocycles. The molecule has 0 bridgehead atoms. The van der Waals surface area contributed by atoms with Crippen LogP contribution >= 0.6 is 0 Å². The first kappa shape index (κ1) is 18.3. The fraction of sp³-hybridized carbons (Fsp3) is 0.389. The van der Waals surface area contributed by atoms with Crippen LogP contribution in [0, 0.1) is 5.92 Å². The van der Waals surface area contributed by atoms with Crippen LogP contribution in [0.15, 0.2) is 49.1 Å². The van der Waals surface area contributed by atoms with Crippen LogP contribution in [-0.4, -0.2) is 31.0 Å². The number of hydrogen-bond acceptors (Lipinski definition) is 2. The Morgan fingerprint density at radius 1 is 1.38 bits per heavy atom. The molecule has 1 aliphatic heterocycles. The van der Waals surface area contributed by atoms with Crippen LogP contribution in [0.1, 0.15) is 23.7 Å². The van der Waals surface area contributed by atoms with Gasteiger partial charge in [0.05, 0.1) is 5.56 Å². The largest absolute Gasteiger partial charge is 0.416 e. The Bertz CT molecular complexity index is 608. The molecule has 6 heteroatoms. The Labute approximate surface area is 139 Å². The lowest BCUT2D eigenvalue weighted by atomic mass is 10.0. The molecule has 130 valence electrons. The molecule has 0 N–H and O–H groups in total. The lowest BCUT2D eigenvalue weighted by Crippen LogP contribution is -2.26. The second-order valence-corrected chi connectivity index (χ2v) is 5.70. The summed E-state index contributed by atoms with van der Waals surface area (Å²) in [5.41, 5.74) is -0.0294. The molecule has 24 heavy (non-hydrogen) atoms. The fourth-order valence-corrected chi connectivity index (χ4v) is 2.72. The minimum atomic E-state index is -4.35. The fourth-order valence-electron chi connectivity index (χ4n) is 2.72. The Morgan fingerprint density at radius 2 is 2.04 bits per heavy atom. The van der Waals surface area contributed by atoms with E-state index in [0.717, 1.165) is 18.6 Å². The highest BCUT2D eigenvalue weighted by atomic mass is 19.4. The Kier molecular flexibility index (Phi) is 5.83. The molecular formula is C18H20F3NO2. The van der Waals surface area contributed by atoms with Crippen LogP contribution in [0.3, 0.4) is 0 Å². The summed E-state index contributed by atoms with van der Waals surface area (Å²) in [4.78, 5) is 13.3. The summed E-state index contributed by atoms with van der Waals surface area (Å²) in [6.45, 7) is 4.77. The van der Waals surface area contributed by atoms with Gasteiger partial charge in [0, 0.05) is 20.2 Å². The maximum atomic E-state index is 12.6. The molecule has 0 aliphatic carbocycles. The summed E-state index contributed by atoms with van der Waals surface area (Å²) in [6.07, 6.45) is 1.17. The molecule has 1 aromatic carbocycles. The smallest absolute Gasteiger partial charge is 0.373 e. The number of methoxy groups -OCH3 is 1. The van der Waals surface area contributed by atoms with Crippen LogP contribution in [0.5, 0.6) is 0 Å². The Balaban J connectivity index is 2.02. The summed E-state index contributed by atoms with van der Waals surface area (Å²) in [5, 5.41) is 0. The average Bonchev–Trinajstić information content (AvgIpc) is 3.03. The van der Waals surface area contributed by atoms with E-state index < -0.39 is 17.8 Å². The number of halogens is 3. The average molecular weight is 339 g/mol. The van der Waals surface area contributed by atoms with Crippen molar-refractivity contribution in [2.24, 2.45) is 5.92 Å². The summed E-state index contributed by atoms with van der Waals surface area (Å²) < 4.78 is 43.2. The molecule has 1 aromatic rings. The molecule has 2 atom stereocenters. The number of nitrogens with zero attached hydrogens (tertiary/aromatic N) is 1. The normalized spacial score (nSPS) is 19.7. The van der Waals surface area contributed by atoms with E-state index in [1.54, 1.807) is 4.90 Å². The summed E-state index contributed by atoms with van der Waals surface area (Å²) in [7, 11) is 1.51. The molecule has 1 amide bonds. The molecule has 1 aliphatic rings. The van der Waals surface area contributed by atoms with E-state index in [9.17, 15) is 18.0 Å². The zero-order valence-electron chi connectivity index (χ0n) is 13.4. The van der Waals surface area contributed by atoms with E-state index in [0.29, 0.717) is 18.7 Å². The molecule has 0 spiro atoms. The first-order valence-electron chi connectivity index (χ1n) is 7.64.